The molecule has 1 atom stereocenters. The number of benzene rings is 1. The molecule has 1 aliphatic heterocycles. The van der Waals surface area contributed by atoms with Crippen molar-refractivity contribution in [3.8, 4) is 0 Å². The van der Waals surface area contributed by atoms with Crippen LogP contribution in [0.2, 0.25) is 0 Å². The Morgan fingerprint density at radius 2 is 1.75 bits per heavy atom. The number of rotatable bonds is 5. The summed E-state index contributed by atoms with van der Waals surface area (Å²) < 4.78 is 27.0. The molecular weight excluding hydrogens is 378 g/mol. The number of nitrogens with one attached hydrogen (secondary N) is 3. The molecule has 2 fully saturated rings. The normalized spacial score (nSPS) is 23.8. The molecular formula is C20H29N3O4S. The zero-order valence-electron chi connectivity index (χ0n) is 16.3. The Bertz CT molecular complexity index is 808. The predicted molar refractivity (Wildman–Crippen MR) is 107 cm³/mol. The quantitative estimate of drug-likeness (QED) is 0.694. The molecule has 0 spiro atoms. The zero-order chi connectivity index (χ0) is 20.2. The molecule has 154 valence electrons. The fraction of sp³-hybridized carbons (Fsp3) is 0.600. The number of anilines is 1. The van der Waals surface area contributed by atoms with Crippen molar-refractivity contribution in [1.82, 2.24) is 10.6 Å². The van der Waals surface area contributed by atoms with E-state index in [-0.39, 0.29) is 29.2 Å². The first-order valence-corrected chi connectivity index (χ1v) is 11.5. The van der Waals surface area contributed by atoms with Crippen LogP contribution in [-0.2, 0) is 19.4 Å². The number of carbonyl (C=O) groups excluding carboxylic acids is 2. The van der Waals surface area contributed by atoms with E-state index in [0.717, 1.165) is 38.6 Å². The first-order valence-electron chi connectivity index (χ1n) is 9.99. The lowest BCUT2D eigenvalue weighted by Gasteiger charge is -2.39. The first kappa shape index (κ1) is 20.8. The van der Waals surface area contributed by atoms with Crippen LogP contribution in [0, 0.1) is 5.92 Å². The maximum absolute atomic E-state index is 13.5. The van der Waals surface area contributed by atoms with Crippen molar-refractivity contribution in [3.63, 3.8) is 0 Å². The van der Waals surface area contributed by atoms with Gasteiger partial charge in [0, 0.05) is 25.1 Å². The van der Waals surface area contributed by atoms with Crippen molar-refractivity contribution < 1.29 is 18.0 Å². The average Bonchev–Trinajstić information content (AvgIpc) is 2.69. The minimum absolute atomic E-state index is 0.107. The van der Waals surface area contributed by atoms with E-state index in [9.17, 15) is 18.0 Å². The Balaban J connectivity index is 1.86. The van der Waals surface area contributed by atoms with Crippen LogP contribution in [0.1, 0.15) is 51.9 Å². The number of piperidine rings is 1. The van der Waals surface area contributed by atoms with Crippen molar-refractivity contribution in [3.05, 3.63) is 24.3 Å². The molecule has 8 heteroatoms. The lowest BCUT2D eigenvalue weighted by atomic mass is 9.88. The summed E-state index contributed by atoms with van der Waals surface area (Å²) in [5.74, 6) is -0.477. The molecule has 2 amide bonds. The molecule has 2 aliphatic rings. The van der Waals surface area contributed by atoms with Crippen LogP contribution in [0.3, 0.4) is 0 Å². The molecule has 1 aromatic rings. The van der Waals surface area contributed by atoms with Gasteiger partial charge in [0.1, 0.15) is 0 Å². The summed E-state index contributed by atoms with van der Waals surface area (Å²) in [6.45, 7) is 2.33. The van der Waals surface area contributed by atoms with Crippen molar-refractivity contribution in [2.75, 3.05) is 18.4 Å². The molecule has 1 saturated carbocycles. The van der Waals surface area contributed by atoms with E-state index in [2.05, 4.69) is 16.0 Å². The summed E-state index contributed by atoms with van der Waals surface area (Å²) in [5.41, 5.74) is 0.536. The number of amides is 2. The van der Waals surface area contributed by atoms with E-state index in [1.165, 1.54) is 19.1 Å². The third-order valence-electron chi connectivity index (χ3n) is 5.67. The highest BCUT2D eigenvalue weighted by atomic mass is 32.2. The van der Waals surface area contributed by atoms with Gasteiger partial charge in [-0.2, -0.15) is 0 Å². The summed E-state index contributed by atoms with van der Waals surface area (Å²) in [6, 6.07) is 6.12. The van der Waals surface area contributed by atoms with Crippen LogP contribution in [0.25, 0.3) is 0 Å². The number of hydrogen-bond acceptors (Lipinski definition) is 5. The molecule has 1 aromatic carbocycles. The van der Waals surface area contributed by atoms with Crippen LogP contribution < -0.4 is 16.0 Å². The molecule has 1 heterocycles. The lowest BCUT2D eigenvalue weighted by molar-refractivity contribution is -0.127. The molecule has 3 N–H and O–H groups in total. The second-order valence-corrected chi connectivity index (χ2v) is 10.1. The van der Waals surface area contributed by atoms with Crippen molar-refractivity contribution in [2.45, 2.75) is 61.6 Å². The van der Waals surface area contributed by atoms with E-state index in [1.807, 2.05) is 0 Å². The van der Waals surface area contributed by atoms with Crippen molar-refractivity contribution >= 4 is 27.3 Å². The van der Waals surface area contributed by atoms with Crippen LogP contribution in [0.4, 0.5) is 5.69 Å². The SMILES string of the molecule is CC(=O)Nc1ccc(S(=O)(=O)[C@@]2(NC(=O)C3CCCCC3)CCCNC2)cc1. The molecule has 0 aromatic heterocycles. The van der Waals surface area contributed by atoms with Gasteiger partial charge in [-0.3, -0.25) is 9.59 Å². The second kappa shape index (κ2) is 8.61. The van der Waals surface area contributed by atoms with E-state index in [0.29, 0.717) is 18.5 Å². The highest BCUT2D eigenvalue weighted by Crippen LogP contribution is 2.32. The molecule has 1 saturated heterocycles. The molecule has 28 heavy (non-hydrogen) atoms. The van der Waals surface area contributed by atoms with Gasteiger partial charge in [-0.1, -0.05) is 19.3 Å². The Hall–Kier alpha value is -1.93. The third kappa shape index (κ3) is 4.38. The minimum Gasteiger partial charge on any atom is -0.335 e. The number of carbonyl (C=O) groups is 2. The average molecular weight is 408 g/mol. The van der Waals surface area contributed by atoms with Gasteiger partial charge in [-0.05, 0) is 56.5 Å². The van der Waals surface area contributed by atoms with E-state index >= 15 is 0 Å². The topological polar surface area (TPSA) is 104 Å². The summed E-state index contributed by atoms with van der Waals surface area (Å²) in [7, 11) is -3.81. The van der Waals surface area contributed by atoms with Gasteiger partial charge in [0.15, 0.2) is 4.87 Å². The largest absolute Gasteiger partial charge is 0.335 e. The maximum Gasteiger partial charge on any atom is 0.224 e. The molecule has 3 rings (SSSR count). The van der Waals surface area contributed by atoms with Crippen LogP contribution >= 0.6 is 0 Å². The van der Waals surface area contributed by atoms with Gasteiger partial charge in [0.2, 0.25) is 21.7 Å². The number of hydrogen-bond donors (Lipinski definition) is 3. The lowest BCUT2D eigenvalue weighted by Crippen LogP contribution is -2.63. The first-order chi connectivity index (χ1) is 13.3. The van der Waals surface area contributed by atoms with Gasteiger partial charge in [0.25, 0.3) is 0 Å². The van der Waals surface area contributed by atoms with Gasteiger partial charge >= 0.3 is 0 Å². The molecule has 0 unspecified atom stereocenters. The Morgan fingerprint density at radius 1 is 1.07 bits per heavy atom. The molecule has 0 bridgehead atoms. The minimum atomic E-state index is -3.81. The fourth-order valence-corrected chi connectivity index (χ4v) is 6.00. The predicted octanol–water partition coefficient (Wildman–Crippen LogP) is 2.19. The summed E-state index contributed by atoms with van der Waals surface area (Å²) in [5, 5.41) is 8.71. The van der Waals surface area contributed by atoms with Crippen LogP contribution in [0.5, 0.6) is 0 Å². The number of sulfone groups is 1. The zero-order valence-corrected chi connectivity index (χ0v) is 17.1. The van der Waals surface area contributed by atoms with Crippen molar-refractivity contribution in [1.29, 1.82) is 0 Å². The second-order valence-electron chi connectivity index (χ2n) is 7.81. The highest BCUT2D eigenvalue weighted by molar-refractivity contribution is 7.92. The van der Waals surface area contributed by atoms with Gasteiger partial charge in [0.05, 0.1) is 4.90 Å². The molecule has 0 radical (unpaired) electrons. The van der Waals surface area contributed by atoms with Gasteiger partial charge < -0.3 is 16.0 Å². The fourth-order valence-electron chi connectivity index (χ4n) is 4.12. The Kier molecular flexibility index (Phi) is 6.40. The van der Waals surface area contributed by atoms with E-state index in [1.54, 1.807) is 12.1 Å². The Labute approximate surface area is 166 Å². The van der Waals surface area contributed by atoms with Crippen LogP contribution in [-0.4, -0.2) is 38.2 Å². The highest BCUT2D eigenvalue weighted by Gasteiger charge is 2.47. The van der Waals surface area contributed by atoms with Gasteiger partial charge in [-0.15, -0.1) is 0 Å². The maximum atomic E-state index is 13.5. The van der Waals surface area contributed by atoms with E-state index < -0.39 is 14.7 Å². The third-order valence-corrected chi connectivity index (χ3v) is 8.04. The Morgan fingerprint density at radius 3 is 2.32 bits per heavy atom. The smallest absolute Gasteiger partial charge is 0.224 e. The molecule has 7 nitrogen and oxygen atoms in total. The van der Waals surface area contributed by atoms with Crippen LogP contribution in [0.15, 0.2) is 29.2 Å². The monoisotopic (exact) mass is 407 g/mol. The standard InChI is InChI=1S/C20H29N3O4S/c1-15(24)22-17-8-10-18(11-9-17)28(26,27)20(12-5-13-21-14-20)23-19(25)16-6-3-2-4-7-16/h8-11,16,21H,2-7,12-14H2,1H3,(H,22,24)(H,23,25)/t20-/m0/s1. The summed E-state index contributed by atoms with van der Waals surface area (Å²) in [4.78, 5) is 22.9. The summed E-state index contributed by atoms with van der Waals surface area (Å²) in [6.07, 6.45) is 5.86. The van der Waals surface area contributed by atoms with Crippen molar-refractivity contribution in [2.24, 2.45) is 5.92 Å². The summed E-state index contributed by atoms with van der Waals surface area (Å²) >= 11 is 0. The van der Waals surface area contributed by atoms with Gasteiger partial charge in [-0.25, -0.2) is 8.42 Å². The molecule has 1 aliphatic carbocycles. The van der Waals surface area contributed by atoms with E-state index in [4.69, 9.17) is 0 Å².